The molecular weight excluding hydrogens is 188 g/mol. The van der Waals surface area contributed by atoms with E-state index in [-0.39, 0.29) is 0 Å². The molecule has 0 aliphatic carbocycles. The highest BCUT2D eigenvalue weighted by Gasteiger charge is 1.97. The van der Waals surface area contributed by atoms with Crippen molar-refractivity contribution < 1.29 is 4.79 Å². The summed E-state index contributed by atoms with van der Waals surface area (Å²) in [5.74, 6) is 0. The van der Waals surface area contributed by atoms with Crippen LogP contribution < -0.4 is 11.1 Å². The summed E-state index contributed by atoms with van der Waals surface area (Å²) in [5, 5.41) is 4.93. The summed E-state index contributed by atoms with van der Waals surface area (Å²) in [5.41, 5.74) is 6.05. The molecule has 0 heterocycles. The standard InChI is InChI=1S/C12H12N2O/c13-12(15)14-8-9-5-6-10-3-1-2-4-11(10)7-9/h1-7H,8H2,(H3,13,14,15). The maximum atomic E-state index is 10.5. The van der Waals surface area contributed by atoms with Crippen LogP contribution in [0.4, 0.5) is 4.79 Å². The number of hydrogen-bond acceptors (Lipinski definition) is 1. The first-order valence-electron chi connectivity index (χ1n) is 4.77. The lowest BCUT2D eigenvalue weighted by atomic mass is 10.1. The largest absolute Gasteiger partial charge is 0.352 e. The van der Waals surface area contributed by atoms with E-state index in [0.717, 1.165) is 5.56 Å². The van der Waals surface area contributed by atoms with Crippen molar-refractivity contribution >= 4 is 16.8 Å². The number of urea groups is 1. The van der Waals surface area contributed by atoms with Crippen molar-refractivity contribution in [3.05, 3.63) is 48.0 Å². The van der Waals surface area contributed by atoms with E-state index in [9.17, 15) is 4.79 Å². The molecule has 76 valence electrons. The molecule has 0 atom stereocenters. The summed E-state index contributed by atoms with van der Waals surface area (Å²) in [7, 11) is 0. The van der Waals surface area contributed by atoms with Gasteiger partial charge in [0, 0.05) is 6.54 Å². The highest BCUT2D eigenvalue weighted by atomic mass is 16.2. The van der Waals surface area contributed by atoms with Crippen LogP contribution in [0.3, 0.4) is 0 Å². The Morgan fingerprint density at radius 2 is 1.87 bits per heavy atom. The number of carbonyl (C=O) groups excluding carboxylic acids is 1. The van der Waals surface area contributed by atoms with Crippen LogP contribution >= 0.6 is 0 Å². The SMILES string of the molecule is NC(=O)NCc1ccc2ccccc2c1. The van der Waals surface area contributed by atoms with Crippen molar-refractivity contribution in [2.24, 2.45) is 5.73 Å². The molecule has 0 saturated carbocycles. The Kier molecular flexibility index (Phi) is 2.54. The fraction of sp³-hybridized carbons (Fsp3) is 0.0833. The number of benzene rings is 2. The third-order valence-electron chi connectivity index (χ3n) is 2.28. The highest BCUT2D eigenvalue weighted by Crippen LogP contribution is 2.15. The zero-order valence-corrected chi connectivity index (χ0v) is 8.23. The molecule has 0 spiro atoms. The Bertz CT molecular complexity index is 494. The summed E-state index contributed by atoms with van der Waals surface area (Å²) in [6, 6.07) is 13.7. The maximum Gasteiger partial charge on any atom is 0.312 e. The van der Waals surface area contributed by atoms with Gasteiger partial charge in [0.05, 0.1) is 0 Å². The first-order valence-corrected chi connectivity index (χ1v) is 4.77. The Labute approximate surface area is 87.9 Å². The molecule has 0 aliphatic heterocycles. The second-order valence-electron chi connectivity index (χ2n) is 3.40. The van der Waals surface area contributed by atoms with Gasteiger partial charge in [0.1, 0.15) is 0 Å². The van der Waals surface area contributed by atoms with Gasteiger partial charge in [-0.15, -0.1) is 0 Å². The lowest BCUT2D eigenvalue weighted by molar-refractivity contribution is 0.248. The van der Waals surface area contributed by atoms with Crippen molar-refractivity contribution in [1.82, 2.24) is 5.32 Å². The van der Waals surface area contributed by atoms with E-state index in [1.54, 1.807) is 0 Å². The third kappa shape index (κ3) is 2.26. The van der Waals surface area contributed by atoms with Crippen LogP contribution in [0.2, 0.25) is 0 Å². The summed E-state index contributed by atoms with van der Waals surface area (Å²) in [6.07, 6.45) is 0. The van der Waals surface area contributed by atoms with E-state index >= 15 is 0 Å². The predicted octanol–water partition coefficient (Wildman–Crippen LogP) is 2.01. The minimum absolute atomic E-state index is 0.472. The molecular formula is C12H12N2O. The van der Waals surface area contributed by atoms with Crippen LogP contribution in [0.1, 0.15) is 5.56 Å². The van der Waals surface area contributed by atoms with E-state index in [0.29, 0.717) is 6.54 Å². The normalized spacial score (nSPS) is 10.1. The second kappa shape index (κ2) is 4.00. The maximum absolute atomic E-state index is 10.5. The first-order chi connectivity index (χ1) is 7.25. The van der Waals surface area contributed by atoms with E-state index in [1.807, 2.05) is 36.4 Å². The number of hydrogen-bond donors (Lipinski definition) is 2. The van der Waals surface area contributed by atoms with Gasteiger partial charge in [0.2, 0.25) is 0 Å². The molecule has 2 aromatic rings. The Morgan fingerprint density at radius 3 is 2.60 bits per heavy atom. The van der Waals surface area contributed by atoms with Gasteiger partial charge in [0.15, 0.2) is 0 Å². The molecule has 2 aromatic carbocycles. The smallest absolute Gasteiger partial charge is 0.312 e. The van der Waals surface area contributed by atoms with Gasteiger partial charge in [-0.05, 0) is 22.4 Å². The number of nitrogens with two attached hydrogens (primary N) is 1. The molecule has 3 nitrogen and oxygen atoms in total. The zero-order chi connectivity index (χ0) is 10.7. The summed E-state index contributed by atoms with van der Waals surface area (Å²) in [6.45, 7) is 0.472. The number of primary amides is 1. The summed E-state index contributed by atoms with van der Waals surface area (Å²) in [4.78, 5) is 10.5. The Morgan fingerprint density at radius 1 is 1.13 bits per heavy atom. The number of rotatable bonds is 2. The zero-order valence-electron chi connectivity index (χ0n) is 8.23. The molecule has 0 bridgehead atoms. The Hall–Kier alpha value is -2.03. The van der Waals surface area contributed by atoms with E-state index < -0.39 is 6.03 Å². The van der Waals surface area contributed by atoms with Gasteiger partial charge in [-0.3, -0.25) is 0 Å². The molecule has 3 N–H and O–H groups in total. The lowest BCUT2D eigenvalue weighted by Gasteiger charge is -2.03. The fourth-order valence-electron chi connectivity index (χ4n) is 1.54. The number of amides is 2. The molecule has 0 saturated heterocycles. The van der Waals surface area contributed by atoms with Crippen LogP contribution in [0.15, 0.2) is 42.5 Å². The first kappa shape index (κ1) is 9.52. The third-order valence-corrected chi connectivity index (χ3v) is 2.28. The lowest BCUT2D eigenvalue weighted by Crippen LogP contribution is -2.28. The van der Waals surface area contributed by atoms with E-state index in [2.05, 4.69) is 11.4 Å². The van der Waals surface area contributed by atoms with E-state index in [4.69, 9.17) is 5.73 Å². The minimum Gasteiger partial charge on any atom is -0.352 e. The van der Waals surface area contributed by atoms with E-state index in [1.165, 1.54) is 10.8 Å². The van der Waals surface area contributed by atoms with Crippen molar-refractivity contribution in [2.75, 3.05) is 0 Å². The molecule has 2 amide bonds. The average molecular weight is 200 g/mol. The number of nitrogens with one attached hydrogen (secondary N) is 1. The second-order valence-corrected chi connectivity index (χ2v) is 3.40. The Balaban J connectivity index is 2.26. The van der Waals surface area contributed by atoms with Crippen LogP contribution in [0, 0.1) is 0 Å². The van der Waals surface area contributed by atoms with Crippen LogP contribution in [0.25, 0.3) is 10.8 Å². The summed E-state index contributed by atoms with van der Waals surface area (Å²) >= 11 is 0. The predicted molar refractivity (Wildman–Crippen MR) is 60.4 cm³/mol. The average Bonchev–Trinajstić information content (AvgIpc) is 2.26. The molecule has 0 fully saturated rings. The van der Waals surface area contributed by atoms with Gasteiger partial charge >= 0.3 is 6.03 Å². The molecule has 3 heteroatoms. The number of fused-ring (bicyclic) bond motifs is 1. The quantitative estimate of drug-likeness (QED) is 0.765. The molecule has 15 heavy (non-hydrogen) atoms. The van der Waals surface area contributed by atoms with Crippen molar-refractivity contribution in [2.45, 2.75) is 6.54 Å². The minimum atomic E-state index is -0.497. The van der Waals surface area contributed by atoms with Crippen LogP contribution in [-0.2, 0) is 6.54 Å². The van der Waals surface area contributed by atoms with Gasteiger partial charge in [0.25, 0.3) is 0 Å². The molecule has 0 radical (unpaired) electrons. The van der Waals surface area contributed by atoms with Crippen molar-refractivity contribution in [3.8, 4) is 0 Å². The van der Waals surface area contributed by atoms with Gasteiger partial charge in [-0.1, -0.05) is 36.4 Å². The van der Waals surface area contributed by atoms with Gasteiger partial charge in [-0.2, -0.15) is 0 Å². The molecule has 0 aliphatic rings. The van der Waals surface area contributed by atoms with Crippen LogP contribution in [-0.4, -0.2) is 6.03 Å². The highest BCUT2D eigenvalue weighted by molar-refractivity contribution is 5.83. The number of carbonyl (C=O) groups is 1. The fourth-order valence-corrected chi connectivity index (χ4v) is 1.54. The molecule has 0 unspecified atom stereocenters. The van der Waals surface area contributed by atoms with Gasteiger partial charge in [-0.25, -0.2) is 4.79 Å². The topological polar surface area (TPSA) is 55.1 Å². The molecule has 2 rings (SSSR count). The van der Waals surface area contributed by atoms with Crippen molar-refractivity contribution in [3.63, 3.8) is 0 Å². The molecule has 0 aromatic heterocycles. The summed E-state index contributed by atoms with van der Waals surface area (Å²) < 4.78 is 0. The van der Waals surface area contributed by atoms with Crippen molar-refractivity contribution in [1.29, 1.82) is 0 Å². The van der Waals surface area contributed by atoms with Crippen LogP contribution in [0.5, 0.6) is 0 Å². The monoisotopic (exact) mass is 200 g/mol. The van der Waals surface area contributed by atoms with Gasteiger partial charge < -0.3 is 11.1 Å².